The van der Waals surface area contributed by atoms with E-state index in [4.69, 9.17) is 9.15 Å². The SMILES string of the molecule is COCCC(C)NC(C)CC(O)c1ccco1. The van der Waals surface area contributed by atoms with Crippen molar-refractivity contribution < 1.29 is 14.3 Å². The van der Waals surface area contributed by atoms with Gasteiger partial charge in [0.25, 0.3) is 0 Å². The van der Waals surface area contributed by atoms with Crippen molar-refractivity contribution in [3.8, 4) is 0 Å². The first kappa shape index (κ1) is 14.2. The normalized spacial score (nSPS) is 16.7. The molecule has 3 unspecified atom stereocenters. The van der Waals surface area contributed by atoms with E-state index in [0.717, 1.165) is 13.0 Å². The molecule has 0 aromatic carbocycles. The third kappa shape index (κ3) is 5.35. The maximum atomic E-state index is 9.91. The number of ether oxygens (including phenoxy) is 1. The average molecular weight is 241 g/mol. The smallest absolute Gasteiger partial charge is 0.132 e. The second-order valence-corrected chi connectivity index (χ2v) is 4.52. The van der Waals surface area contributed by atoms with Gasteiger partial charge in [-0.3, -0.25) is 0 Å². The van der Waals surface area contributed by atoms with E-state index in [1.807, 2.05) is 0 Å². The largest absolute Gasteiger partial charge is 0.467 e. The predicted octanol–water partition coefficient (Wildman–Crippen LogP) is 2.11. The maximum Gasteiger partial charge on any atom is 0.132 e. The summed E-state index contributed by atoms with van der Waals surface area (Å²) >= 11 is 0. The molecule has 2 N–H and O–H groups in total. The van der Waals surface area contributed by atoms with Crippen LogP contribution in [0.3, 0.4) is 0 Å². The summed E-state index contributed by atoms with van der Waals surface area (Å²) in [6.45, 7) is 4.94. The van der Waals surface area contributed by atoms with Gasteiger partial charge in [0.2, 0.25) is 0 Å². The summed E-state index contributed by atoms with van der Waals surface area (Å²) in [5, 5.41) is 13.3. The van der Waals surface area contributed by atoms with Crippen LogP contribution in [-0.4, -0.2) is 30.9 Å². The molecule has 0 saturated heterocycles. The molecule has 17 heavy (non-hydrogen) atoms. The molecule has 1 rings (SSSR count). The Morgan fingerprint density at radius 2 is 2.18 bits per heavy atom. The van der Waals surface area contributed by atoms with Crippen molar-refractivity contribution in [1.29, 1.82) is 0 Å². The Morgan fingerprint density at radius 1 is 1.41 bits per heavy atom. The molecule has 0 aliphatic carbocycles. The highest BCUT2D eigenvalue weighted by molar-refractivity contribution is 5.02. The third-order valence-corrected chi connectivity index (χ3v) is 2.77. The van der Waals surface area contributed by atoms with Crippen LogP contribution in [-0.2, 0) is 4.74 Å². The lowest BCUT2D eigenvalue weighted by Gasteiger charge is -2.21. The van der Waals surface area contributed by atoms with Crippen LogP contribution in [0.5, 0.6) is 0 Å². The summed E-state index contributed by atoms with van der Waals surface area (Å²) < 4.78 is 10.2. The molecule has 1 aromatic heterocycles. The van der Waals surface area contributed by atoms with Crippen LogP contribution in [0.15, 0.2) is 22.8 Å². The zero-order valence-electron chi connectivity index (χ0n) is 10.8. The summed E-state index contributed by atoms with van der Waals surface area (Å²) in [6.07, 6.45) is 2.66. The molecule has 1 aromatic rings. The molecule has 98 valence electrons. The number of furan rings is 1. The van der Waals surface area contributed by atoms with Crippen molar-refractivity contribution in [2.75, 3.05) is 13.7 Å². The van der Waals surface area contributed by atoms with Gasteiger partial charge >= 0.3 is 0 Å². The van der Waals surface area contributed by atoms with Crippen LogP contribution >= 0.6 is 0 Å². The van der Waals surface area contributed by atoms with Crippen molar-refractivity contribution >= 4 is 0 Å². The number of methoxy groups -OCH3 is 1. The first-order valence-corrected chi connectivity index (χ1v) is 6.10. The van der Waals surface area contributed by atoms with Crippen LogP contribution in [0.2, 0.25) is 0 Å². The summed E-state index contributed by atoms with van der Waals surface area (Å²) in [5.74, 6) is 0.628. The Labute approximate surface area is 103 Å². The standard InChI is InChI=1S/C13H23NO3/c1-10(6-8-16-3)14-11(2)9-12(15)13-5-4-7-17-13/h4-5,7,10-12,14-15H,6,8-9H2,1-3H3. The first-order valence-electron chi connectivity index (χ1n) is 6.10. The van der Waals surface area contributed by atoms with E-state index in [2.05, 4.69) is 19.2 Å². The highest BCUT2D eigenvalue weighted by Crippen LogP contribution is 2.18. The van der Waals surface area contributed by atoms with E-state index in [1.165, 1.54) is 0 Å². The molecule has 0 amide bonds. The summed E-state index contributed by atoms with van der Waals surface area (Å²) in [6, 6.07) is 4.21. The number of aliphatic hydroxyl groups is 1. The minimum absolute atomic E-state index is 0.238. The van der Waals surface area contributed by atoms with Gasteiger partial charge < -0.3 is 19.6 Å². The molecule has 0 aliphatic rings. The Hall–Kier alpha value is -0.840. The molecule has 0 spiro atoms. The quantitative estimate of drug-likeness (QED) is 0.732. The maximum absolute atomic E-state index is 9.91. The van der Waals surface area contributed by atoms with Gasteiger partial charge in [-0.2, -0.15) is 0 Å². The molecular weight excluding hydrogens is 218 g/mol. The average Bonchev–Trinajstić information content (AvgIpc) is 2.79. The number of aliphatic hydroxyl groups excluding tert-OH is 1. The molecular formula is C13H23NO3. The van der Waals surface area contributed by atoms with E-state index in [9.17, 15) is 5.11 Å². The molecule has 1 heterocycles. The third-order valence-electron chi connectivity index (χ3n) is 2.77. The van der Waals surface area contributed by atoms with Crippen LogP contribution in [0.1, 0.15) is 38.6 Å². The van der Waals surface area contributed by atoms with Gasteiger partial charge in [-0.1, -0.05) is 0 Å². The zero-order chi connectivity index (χ0) is 12.7. The minimum Gasteiger partial charge on any atom is -0.467 e. The minimum atomic E-state index is -0.540. The van der Waals surface area contributed by atoms with E-state index >= 15 is 0 Å². The van der Waals surface area contributed by atoms with E-state index < -0.39 is 6.10 Å². The van der Waals surface area contributed by atoms with E-state index in [0.29, 0.717) is 18.2 Å². The van der Waals surface area contributed by atoms with Crippen molar-refractivity contribution in [3.05, 3.63) is 24.2 Å². The molecule has 3 atom stereocenters. The van der Waals surface area contributed by atoms with Crippen molar-refractivity contribution in [3.63, 3.8) is 0 Å². The zero-order valence-corrected chi connectivity index (χ0v) is 10.8. The predicted molar refractivity (Wildman–Crippen MR) is 66.8 cm³/mol. The highest BCUT2D eigenvalue weighted by atomic mass is 16.5. The van der Waals surface area contributed by atoms with Crippen LogP contribution in [0.4, 0.5) is 0 Å². The number of hydrogen-bond donors (Lipinski definition) is 2. The van der Waals surface area contributed by atoms with Gasteiger partial charge in [0.15, 0.2) is 0 Å². The lowest BCUT2D eigenvalue weighted by Crippen LogP contribution is -2.36. The van der Waals surface area contributed by atoms with Gasteiger partial charge in [0.05, 0.1) is 6.26 Å². The Balaban J connectivity index is 2.26. The number of nitrogens with one attached hydrogen (secondary N) is 1. The van der Waals surface area contributed by atoms with Crippen LogP contribution in [0, 0.1) is 0 Å². The fraction of sp³-hybridized carbons (Fsp3) is 0.692. The second-order valence-electron chi connectivity index (χ2n) is 4.52. The molecule has 4 heteroatoms. The lowest BCUT2D eigenvalue weighted by atomic mass is 10.1. The van der Waals surface area contributed by atoms with Crippen molar-refractivity contribution in [1.82, 2.24) is 5.32 Å². The highest BCUT2D eigenvalue weighted by Gasteiger charge is 2.15. The van der Waals surface area contributed by atoms with Crippen molar-refractivity contribution in [2.24, 2.45) is 0 Å². The summed E-state index contributed by atoms with van der Waals surface area (Å²) in [5.41, 5.74) is 0. The number of hydrogen-bond acceptors (Lipinski definition) is 4. The molecule has 4 nitrogen and oxygen atoms in total. The monoisotopic (exact) mass is 241 g/mol. The second kappa shape index (κ2) is 7.48. The van der Waals surface area contributed by atoms with Gasteiger partial charge in [-0.25, -0.2) is 0 Å². The van der Waals surface area contributed by atoms with Gasteiger partial charge in [0.1, 0.15) is 11.9 Å². The summed E-state index contributed by atoms with van der Waals surface area (Å²) in [7, 11) is 1.71. The lowest BCUT2D eigenvalue weighted by molar-refractivity contribution is 0.124. The van der Waals surface area contributed by atoms with Crippen LogP contribution in [0.25, 0.3) is 0 Å². The number of rotatable bonds is 8. The molecule has 0 bridgehead atoms. The molecule has 0 aliphatic heterocycles. The Morgan fingerprint density at radius 3 is 2.76 bits per heavy atom. The Bertz CT molecular complexity index is 287. The van der Waals surface area contributed by atoms with Crippen molar-refractivity contribution in [2.45, 2.75) is 44.9 Å². The van der Waals surface area contributed by atoms with Crippen LogP contribution < -0.4 is 5.32 Å². The van der Waals surface area contributed by atoms with Gasteiger partial charge in [0, 0.05) is 25.8 Å². The topological polar surface area (TPSA) is 54.6 Å². The Kier molecular flexibility index (Phi) is 6.26. The van der Waals surface area contributed by atoms with Gasteiger partial charge in [-0.15, -0.1) is 0 Å². The van der Waals surface area contributed by atoms with E-state index in [-0.39, 0.29) is 6.04 Å². The molecule has 0 saturated carbocycles. The summed E-state index contributed by atoms with van der Waals surface area (Å²) in [4.78, 5) is 0. The molecule has 0 fully saturated rings. The van der Waals surface area contributed by atoms with E-state index in [1.54, 1.807) is 25.5 Å². The first-order chi connectivity index (χ1) is 8.13. The fourth-order valence-electron chi connectivity index (χ4n) is 1.86. The fourth-order valence-corrected chi connectivity index (χ4v) is 1.86. The van der Waals surface area contributed by atoms with Gasteiger partial charge in [-0.05, 0) is 38.8 Å². The molecule has 0 radical (unpaired) electrons.